The number of nitrogens with one attached hydrogen (secondary N) is 1. The average Bonchev–Trinajstić information content (AvgIpc) is 2.97. The molecule has 2 heterocycles. The first kappa shape index (κ1) is 10.4. The van der Waals surface area contributed by atoms with Crippen LogP contribution >= 0.6 is 0 Å². The number of rotatable bonds is 2. The van der Waals surface area contributed by atoms with Gasteiger partial charge in [-0.1, -0.05) is 18.2 Å². The molecule has 0 atom stereocenters. The molecule has 87 valence electrons. The Morgan fingerprint density at radius 1 is 1.24 bits per heavy atom. The maximum Gasteiger partial charge on any atom is 0.232 e. The van der Waals surface area contributed by atoms with Crippen molar-refractivity contribution in [1.82, 2.24) is 9.88 Å². The van der Waals surface area contributed by atoms with Crippen LogP contribution in [0.15, 0.2) is 30.3 Å². The summed E-state index contributed by atoms with van der Waals surface area (Å²) in [6.07, 6.45) is 3.96. The first-order valence-corrected chi connectivity index (χ1v) is 6.04. The second-order valence-electron chi connectivity index (χ2n) is 4.49. The number of benzene rings is 1. The summed E-state index contributed by atoms with van der Waals surface area (Å²) in [4.78, 5) is 17.1. The van der Waals surface area contributed by atoms with Crippen LogP contribution in [0.2, 0.25) is 0 Å². The molecule has 1 aliphatic heterocycles. The standard InChI is InChI=1S/C14H15N2O/c17-14(16-7-3-4-8-16)10-12-9-11-5-1-2-6-13(11)15-12/h1-2,5-6,9-10,15H,3-4,7-8H2. The fraction of sp³-hybridized carbons (Fsp3) is 0.286. The summed E-state index contributed by atoms with van der Waals surface area (Å²) in [5.74, 6) is 0.119. The van der Waals surface area contributed by atoms with Crippen molar-refractivity contribution >= 4 is 16.8 Å². The number of carbonyl (C=O) groups is 1. The Morgan fingerprint density at radius 3 is 2.76 bits per heavy atom. The van der Waals surface area contributed by atoms with Crippen molar-refractivity contribution in [2.75, 3.05) is 13.1 Å². The van der Waals surface area contributed by atoms with Crippen molar-refractivity contribution in [3.8, 4) is 0 Å². The van der Waals surface area contributed by atoms with Gasteiger partial charge in [-0.15, -0.1) is 0 Å². The van der Waals surface area contributed by atoms with Gasteiger partial charge in [0.05, 0.1) is 6.42 Å². The molecule has 2 aromatic rings. The van der Waals surface area contributed by atoms with Gasteiger partial charge >= 0.3 is 0 Å². The molecule has 3 nitrogen and oxygen atoms in total. The number of likely N-dealkylation sites (tertiary alicyclic amines) is 1. The number of para-hydroxylation sites is 1. The summed E-state index contributed by atoms with van der Waals surface area (Å²) < 4.78 is 0. The van der Waals surface area contributed by atoms with Gasteiger partial charge in [0.1, 0.15) is 0 Å². The summed E-state index contributed by atoms with van der Waals surface area (Å²) in [5.41, 5.74) is 1.97. The Labute approximate surface area is 100 Å². The smallest absolute Gasteiger partial charge is 0.232 e. The van der Waals surface area contributed by atoms with Crippen LogP contribution in [-0.4, -0.2) is 28.9 Å². The Hall–Kier alpha value is -1.77. The highest BCUT2D eigenvalue weighted by Gasteiger charge is 2.18. The highest BCUT2D eigenvalue weighted by molar-refractivity contribution is 5.90. The van der Waals surface area contributed by atoms with E-state index in [0.29, 0.717) is 0 Å². The summed E-state index contributed by atoms with van der Waals surface area (Å²) in [7, 11) is 0. The van der Waals surface area contributed by atoms with E-state index in [2.05, 4.69) is 4.98 Å². The number of hydrogen-bond acceptors (Lipinski definition) is 1. The van der Waals surface area contributed by atoms with Crippen molar-refractivity contribution in [3.63, 3.8) is 0 Å². The minimum absolute atomic E-state index is 0.119. The summed E-state index contributed by atoms with van der Waals surface area (Å²) in [6, 6.07) is 10.1. The van der Waals surface area contributed by atoms with Crippen molar-refractivity contribution in [2.24, 2.45) is 0 Å². The normalized spacial score (nSPS) is 15.6. The molecule has 3 rings (SSSR count). The Bertz CT molecular complexity index is 505. The van der Waals surface area contributed by atoms with Crippen LogP contribution in [0.25, 0.3) is 10.9 Å². The monoisotopic (exact) mass is 227 g/mol. The Kier molecular flexibility index (Phi) is 2.59. The van der Waals surface area contributed by atoms with Gasteiger partial charge in [-0.25, -0.2) is 0 Å². The van der Waals surface area contributed by atoms with Crippen LogP contribution < -0.4 is 0 Å². The SMILES string of the molecule is O=C([CH]c1cc2ccccc2[nH]1)N1CCCC1. The van der Waals surface area contributed by atoms with Crippen molar-refractivity contribution in [2.45, 2.75) is 12.8 Å². The fourth-order valence-corrected chi connectivity index (χ4v) is 2.34. The van der Waals surface area contributed by atoms with E-state index in [1.807, 2.05) is 35.2 Å². The van der Waals surface area contributed by atoms with Gasteiger partial charge in [-0.05, 0) is 30.4 Å². The van der Waals surface area contributed by atoms with E-state index < -0.39 is 0 Å². The Balaban J connectivity index is 1.77. The zero-order chi connectivity index (χ0) is 11.7. The van der Waals surface area contributed by atoms with Crippen LogP contribution in [0.5, 0.6) is 0 Å². The first-order chi connectivity index (χ1) is 8.33. The molecule has 1 saturated heterocycles. The summed E-state index contributed by atoms with van der Waals surface area (Å²) in [5, 5.41) is 1.15. The highest BCUT2D eigenvalue weighted by Crippen LogP contribution is 2.17. The maximum atomic E-state index is 11.9. The van der Waals surface area contributed by atoms with E-state index in [1.165, 1.54) is 0 Å². The number of fused-ring (bicyclic) bond motifs is 1. The van der Waals surface area contributed by atoms with Gasteiger partial charge in [-0.2, -0.15) is 0 Å². The lowest BCUT2D eigenvalue weighted by atomic mass is 10.2. The molecular weight excluding hydrogens is 212 g/mol. The zero-order valence-electron chi connectivity index (χ0n) is 9.65. The van der Waals surface area contributed by atoms with Crippen LogP contribution in [0, 0.1) is 6.42 Å². The van der Waals surface area contributed by atoms with Crippen LogP contribution in [-0.2, 0) is 4.79 Å². The third kappa shape index (κ3) is 2.05. The number of H-pyrrole nitrogens is 1. The topological polar surface area (TPSA) is 36.1 Å². The number of carbonyl (C=O) groups excluding carboxylic acids is 1. The zero-order valence-corrected chi connectivity index (χ0v) is 9.65. The van der Waals surface area contributed by atoms with Crippen molar-refractivity contribution in [3.05, 3.63) is 42.4 Å². The molecular formula is C14H15N2O. The van der Waals surface area contributed by atoms with E-state index >= 15 is 0 Å². The molecule has 1 aliphatic rings. The third-order valence-corrected chi connectivity index (χ3v) is 3.25. The lowest BCUT2D eigenvalue weighted by molar-refractivity contribution is -0.126. The number of aromatic amines is 1. The van der Waals surface area contributed by atoms with Gasteiger partial charge in [0.25, 0.3) is 0 Å². The molecule has 17 heavy (non-hydrogen) atoms. The molecule has 0 unspecified atom stereocenters. The van der Waals surface area contributed by atoms with Gasteiger partial charge < -0.3 is 9.88 Å². The second kappa shape index (κ2) is 4.24. The predicted octanol–water partition coefficient (Wildman–Crippen LogP) is 2.34. The molecule has 1 aromatic carbocycles. The highest BCUT2D eigenvalue weighted by atomic mass is 16.2. The van der Waals surface area contributed by atoms with E-state index in [4.69, 9.17) is 0 Å². The molecule has 0 bridgehead atoms. The number of nitrogens with zero attached hydrogens (tertiary/aromatic N) is 1. The summed E-state index contributed by atoms with van der Waals surface area (Å²) >= 11 is 0. The Morgan fingerprint density at radius 2 is 2.00 bits per heavy atom. The molecule has 1 N–H and O–H groups in total. The lowest BCUT2D eigenvalue weighted by Crippen LogP contribution is -2.27. The molecule has 0 spiro atoms. The second-order valence-corrected chi connectivity index (χ2v) is 4.49. The maximum absolute atomic E-state index is 11.9. The number of amides is 1. The molecule has 1 amide bonds. The predicted molar refractivity (Wildman–Crippen MR) is 67.5 cm³/mol. The fourth-order valence-electron chi connectivity index (χ4n) is 2.34. The van der Waals surface area contributed by atoms with Gasteiger partial charge in [0.15, 0.2) is 0 Å². The van der Waals surface area contributed by atoms with Crippen LogP contribution in [0.3, 0.4) is 0 Å². The third-order valence-electron chi connectivity index (χ3n) is 3.25. The quantitative estimate of drug-likeness (QED) is 0.840. The average molecular weight is 227 g/mol. The molecule has 1 fully saturated rings. The van der Waals surface area contributed by atoms with Crippen LogP contribution in [0.1, 0.15) is 18.5 Å². The number of aromatic nitrogens is 1. The van der Waals surface area contributed by atoms with E-state index in [-0.39, 0.29) is 5.91 Å². The molecule has 1 aromatic heterocycles. The van der Waals surface area contributed by atoms with E-state index in [1.54, 1.807) is 6.42 Å². The number of hydrogen-bond donors (Lipinski definition) is 1. The van der Waals surface area contributed by atoms with E-state index in [9.17, 15) is 4.79 Å². The van der Waals surface area contributed by atoms with Gasteiger partial charge in [0.2, 0.25) is 5.91 Å². The largest absolute Gasteiger partial charge is 0.358 e. The lowest BCUT2D eigenvalue weighted by Gasteiger charge is -2.13. The molecule has 0 aliphatic carbocycles. The van der Waals surface area contributed by atoms with Crippen molar-refractivity contribution in [1.29, 1.82) is 0 Å². The van der Waals surface area contributed by atoms with Gasteiger partial charge in [0, 0.05) is 24.3 Å². The first-order valence-electron chi connectivity index (χ1n) is 6.04. The molecule has 0 saturated carbocycles. The van der Waals surface area contributed by atoms with Crippen molar-refractivity contribution < 1.29 is 4.79 Å². The van der Waals surface area contributed by atoms with Gasteiger partial charge in [-0.3, -0.25) is 4.79 Å². The van der Waals surface area contributed by atoms with E-state index in [0.717, 1.165) is 42.5 Å². The minimum atomic E-state index is 0.119. The summed E-state index contributed by atoms with van der Waals surface area (Å²) in [6.45, 7) is 1.80. The minimum Gasteiger partial charge on any atom is -0.358 e. The molecule has 1 radical (unpaired) electrons. The molecule has 3 heteroatoms. The van der Waals surface area contributed by atoms with Crippen LogP contribution in [0.4, 0.5) is 0 Å².